The van der Waals surface area contributed by atoms with E-state index in [0.29, 0.717) is 5.65 Å². The summed E-state index contributed by atoms with van der Waals surface area (Å²) in [6.07, 6.45) is 3.36. The maximum atomic E-state index is 13.2. The Bertz CT molecular complexity index is 1300. The molecule has 1 amide bonds. The van der Waals surface area contributed by atoms with Gasteiger partial charge in [0, 0.05) is 18.9 Å². The Morgan fingerprint density at radius 3 is 2.57 bits per heavy atom. The third-order valence-corrected chi connectivity index (χ3v) is 4.81. The van der Waals surface area contributed by atoms with Crippen LogP contribution in [0.3, 0.4) is 0 Å². The molecule has 0 spiro atoms. The number of imidazole rings is 1. The third kappa shape index (κ3) is 3.37. The lowest BCUT2D eigenvalue weighted by Crippen LogP contribution is -2.41. The van der Waals surface area contributed by atoms with Gasteiger partial charge >= 0.3 is 5.69 Å². The molecule has 0 aliphatic heterocycles. The first kappa shape index (κ1) is 19.2. The molecule has 9 heteroatoms. The van der Waals surface area contributed by atoms with Crippen molar-refractivity contribution in [1.82, 2.24) is 18.9 Å². The first-order valence-corrected chi connectivity index (χ1v) is 9.41. The van der Waals surface area contributed by atoms with Crippen LogP contribution in [0.25, 0.3) is 5.65 Å². The average Bonchev–Trinajstić information content (AvgIpc) is 3.19. The van der Waals surface area contributed by atoms with Crippen LogP contribution in [-0.4, -0.2) is 31.4 Å². The van der Waals surface area contributed by atoms with Crippen LogP contribution in [0.4, 0.5) is 11.5 Å². The van der Waals surface area contributed by atoms with Crippen molar-refractivity contribution in [3.8, 4) is 0 Å². The van der Waals surface area contributed by atoms with Gasteiger partial charge in [-0.25, -0.2) is 9.78 Å². The summed E-state index contributed by atoms with van der Waals surface area (Å²) < 4.78 is 2.96. The van der Waals surface area contributed by atoms with Crippen molar-refractivity contribution in [3.05, 3.63) is 93.0 Å². The molecule has 0 atom stereocenters. The number of hydrogen-bond acceptors (Lipinski definition) is 5. The fourth-order valence-corrected chi connectivity index (χ4v) is 3.34. The predicted molar refractivity (Wildman–Crippen MR) is 114 cm³/mol. The van der Waals surface area contributed by atoms with Gasteiger partial charge in [-0.15, -0.1) is 0 Å². The summed E-state index contributed by atoms with van der Waals surface area (Å²) >= 11 is 0. The zero-order chi connectivity index (χ0) is 21.3. The second kappa shape index (κ2) is 7.70. The molecular formula is C21H20N6O3. The molecule has 3 aromatic heterocycles. The number of nitrogens with zero attached hydrogens (tertiary/aromatic N) is 4. The Morgan fingerprint density at radius 1 is 1.13 bits per heavy atom. The number of fused-ring (bicyclic) bond motifs is 1. The van der Waals surface area contributed by atoms with Crippen LogP contribution >= 0.6 is 0 Å². The fourth-order valence-electron chi connectivity index (χ4n) is 3.34. The van der Waals surface area contributed by atoms with Crippen LogP contribution in [0.5, 0.6) is 0 Å². The molecule has 0 aliphatic carbocycles. The van der Waals surface area contributed by atoms with Crippen molar-refractivity contribution in [1.29, 1.82) is 0 Å². The van der Waals surface area contributed by atoms with Crippen molar-refractivity contribution in [2.75, 3.05) is 17.2 Å². The number of nitrogen functional groups attached to an aromatic ring is 1. The largest absolute Gasteiger partial charge is 0.383 e. The summed E-state index contributed by atoms with van der Waals surface area (Å²) in [7, 11) is 0. The maximum Gasteiger partial charge on any atom is 0.330 e. The number of aromatic amines is 1. The number of carbonyl (C=O) groups is 1. The second-order valence-electron chi connectivity index (χ2n) is 6.71. The van der Waals surface area contributed by atoms with E-state index in [4.69, 9.17) is 5.73 Å². The molecule has 4 rings (SSSR count). The number of rotatable bonds is 5. The van der Waals surface area contributed by atoms with Crippen molar-refractivity contribution >= 4 is 23.1 Å². The topological polar surface area (TPSA) is 118 Å². The number of pyridine rings is 1. The lowest BCUT2D eigenvalue weighted by Gasteiger charge is -2.22. The minimum Gasteiger partial charge on any atom is -0.383 e. The van der Waals surface area contributed by atoms with Gasteiger partial charge in [-0.1, -0.05) is 36.4 Å². The maximum absolute atomic E-state index is 13.2. The van der Waals surface area contributed by atoms with Crippen LogP contribution in [0.1, 0.15) is 23.0 Å². The van der Waals surface area contributed by atoms with Crippen molar-refractivity contribution < 1.29 is 4.79 Å². The highest BCUT2D eigenvalue weighted by Crippen LogP contribution is 2.20. The smallest absolute Gasteiger partial charge is 0.330 e. The molecule has 0 radical (unpaired) electrons. The fraction of sp³-hybridized carbons (Fsp3) is 0.143. The number of nitrogens with one attached hydrogen (secondary N) is 1. The summed E-state index contributed by atoms with van der Waals surface area (Å²) in [5.74, 6) is -0.560. The molecule has 1 aromatic carbocycles. The minimum absolute atomic E-state index is 0.0740. The van der Waals surface area contributed by atoms with Crippen molar-refractivity contribution in [2.45, 2.75) is 13.5 Å². The predicted octanol–water partition coefficient (Wildman–Crippen LogP) is 1.48. The Labute approximate surface area is 171 Å². The SMILES string of the molecule is CCN(C(=O)c1cn2ccccc2n1)c1c(N)n(Cc2ccccc2)c(=O)[nH]c1=O. The van der Waals surface area contributed by atoms with Gasteiger partial charge in [-0.05, 0) is 24.6 Å². The van der Waals surface area contributed by atoms with E-state index in [1.807, 2.05) is 42.5 Å². The summed E-state index contributed by atoms with van der Waals surface area (Å²) in [5.41, 5.74) is 6.40. The van der Waals surface area contributed by atoms with E-state index in [-0.39, 0.29) is 30.3 Å². The van der Waals surface area contributed by atoms with Gasteiger partial charge in [0.05, 0.1) is 6.54 Å². The minimum atomic E-state index is -0.722. The van der Waals surface area contributed by atoms with Gasteiger partial charge < -0.3 is 10.1 Å². The third-order valence-electron chi connectivity index (χ3n) is 4.81. The van der Waals surface area contributed by atoms with Crippen LogP contribution < -0.4 is 21.9 Å². The molecule has 0 unspecified atom stereocenters. The molecule has 3 N–H and O–H groups in total. The molecule has 9 nitrogen and oxygen atoms in total. The van der Waals surface area contributed by atoms with Crippen molar-refractivity contribution in [3.63, 3.8) is 0 Å². The van der Waals surface area contributed by atoms with Gasteiger partial charge in [0.15, 0.2) is 5.69 Å². The lowest BCUT2D eigenvalue weighted by molar-refractivity contribution is 0.0983. The van der Waals surface area contributed by atoms with E-state index in [0.717, 1.165) is 5.56 Å². The first-order chi connectivity index (χ1) is 14.5. The van der Waals surface area contributed by atoms with E-state index in [1.165, 1.54) is 9.47 Å². The number of H-pyrrole nitrogens is 1. The lowest BCUT2D eigenvalue weighted by atomic mass is 10.2. The molecule has 0 bridgehead atoms. The van der Waals surface area contributed by atoms with Crippen LogP contribution in [0.2, 0.25) is 0 Å². The molecule has 0 fully saturated rings. The number of amides is 1. The number of carbonyl (C=O) groups excluding carboxylic acids is 1. The Hall–Kier alpha value is -4.14. The van der Waals surface area contributed by atoms with Crippen LogP contribution in [0, 0.1) is 0 Å². The van der Waals surface area contributed by atoms with E-state index in [9.17, 15) is 14.4 Å². The first-order valence-electron chi connectivity index (χ1n) is 9.41. The number of nitrogens with two attached hydrogens (primary N) is 1. The molecule has 4 aromatic rings. The highest BCUT2D eigenvalue weighted by atomic mass is 16.2. The zero-order valence-corrected chi connectivity index (χ0v) is 16.3. The molecule has 0 aliphatic rings. The number of benzene rings is 1. The zero-order valence-electron chi connectivity index (χ0n) is 16.3. The number of aromatic nitrogens is 4. The van der Waals surface area contributed by atoms with Gasteiger partial charge in [0.1, 0.15) is 17.2 Å². The molecule has 30 heavy (non-hydrogen) atoms. The number of hydrogen-bond donors (Lipinski definition) is 2. The van der Waals surface area contributed by atoms with Gasteiger partial charge in [-0.2, -0.15) is 0 Å². The van der Waals surface area contributed by atoms with Gasteiger partial charge in [0.25, 0.3) is 11.5 Å². The van der Waals surface area contributed by atoms with Crippen molar-refractivity contribution in [2.24, 2.45) is 0 Å². The molecule has 0 saturated carbocycles. The second-order valence-corrected chi connectivity index (χ2v) is 6.71. The summed E-state index contributed by atoms with van der Waals surface area (Å²) in [6.45, 7) is 2.05. The average molecular weight is 404 g/mol. The van der Waals surface area contributed by atoms with E-state index < -0.39 is 17.2 Å². The standard InChI is InChI=1S/C21H20N6O3/c1-2-26(20(29)15-13-25-11-7-6-10-16(25)23-15)17-18(22)27(21(30)24-19(17)28)12-14-8-4-3-5-9-14/h3-11,13H,2,12,22H2,1H3,(H,24,28,30). The summed E-state index contributed by atoms with van der Waals surface area (Å²) in [5, 5.41) is 0. The monoisotopic (exact) mass is 404 g/mol. The quantitative estimate of drug-likeness (QED) is 0.522. The van der Waals surface area contributed by atoms with E-state index in [2.05, 4.69) is 9.97 Å². The van der Waals surface area contributed by atoms with Gasteiger partial charge in [0.2, 0.25) is 0 Å². The van der Waals surface area contributed by atoms with Gasteiger partial charge in [-0.3, -0.25) is 24.0 Å². The summed E-state index contributed by atoms with van der Waals surface area (Å²) in [4.78, 5) is 46.0. The molecule has 152 valence electrons. The molecular weight excluding hydrogens is 384 g/mol. The Kier molecular flexibility index (Phi) is 4.93. The van der Waals surface area contributed by atoms with E-state index >= 15 is 0 Å². The summed E-state index contributed by atoms with van der Waals surface area (Å²) in [6, 6.07) is 14.6. The van der Waals surface area contributed by atoms with Crippen LogP contribution in [0.15, 0.2) is 70.5 Å². The normalized spacial score (nSPS) is 11.0. The molecule has 0 saturated heterocycles. The highest BCUT2D eigenvalue weighted by molar-refractivity contribution is 6.06. The van der Waals surface area contributed by atoms with E-state index in [1.54, 1.807) is 29.8 Å². The Balaban J connectivity index is 1.79. The number of anilines is 2. The molecule has 3 heterocycles. The Morgan fingerprint density at radius 2 is 1.87 bits per heavy atom. The highest BCUT2D eigenvalue weighted by Gasteiger charge is 2.25. The van der Waals surface area contributed by atoms with Crippen LogP contribution in [-0.2, 0) is 6.54 Å².